The van der Waals surface area contributed by atoms with Crippen LogP contribution in [0.2, 0.25) is 0 Å². The van der Waals surface area contributed by atoms with Crippen LogP contribution in [-0.2, 0) is 4.74 Å². The van der Waals surface area contributed by atoms with Crippen molar-refractivity contribution < 1.29 is 9.53 Å². The second kappa shape index (κ2) is 6.52. The summed E-state index contributed by atoms with van der Waals surface area (Å²) >= 11 is 0. The van der Waals surface area contributed by atoms with Gasteiger partial charge in [-0.1, -0.05) is 0 Å². The molecule has 5 heteroatoms. The van der Waals surface area contributed by atoms with E-state index < -0.39 is 0 Å². The van der Waals surface area contributed by atoms with E-state index in [0.29, 0.717) is 17.4 Å². The van der Waals surface area contributed by atoms with E-state index in [1.54, 1.807) is 18.3 Å². The van der Waals surface area contributed by atoms with Crippen LogP contribution in [-0.4, -0.2) is 48.6 Å². The molecular formula is C14H21N3O2. The van der Waals surface area contributed by atoms with Crippen molar-refractivity contribution in [3.05, 3.63) is 23.9 Å². The molecule has 1 aromatic rings. The van der Waals surface area contributed by atoms with Gasteiger partial charge in [-0.05, 0) is 45.0 Å². The van der Waals surface area contributed by atoms with Gasteiger partial charge in [-0.15, -0.1) is 0 Å². The lowest BCUT2D eigenvalue weighted by atomic mass is 10.2. The summed E-state index contributed by atoms with van der Waals surface area (Å²) in [5.74, 6) is 0.241. The number of nitrogens with zero attached hydrogens (tertiary/aromatic N) is 2. The zero-order chi connectivity index (χ0) is 13.7. The number of ether oxygens (including phenoxy) is 1. The molecule has 2 heterocycles. The third-order valence-corrected chi connectivity index (χ3v) is 3.54. The number of esters is 1. The molecule has 0 aromatic carbocycles. The predicted molar refractivity (Wildman–Crippen MR) is 74.3 cm³/mol. The molecule has 1 aromatic heterocycles. The van der Waals surface area contributed by atoms with Gasteiger partial charge in [-0.3, -0.25) is 4.90 Å². The van der Waals surface area contributed by atoms with E-state index in [-0.39, 0.29) is 5.97 Å². The maximum atomic E-state index is 11.6. The molecule has 1 saturated heterocycles. The molecular weight excluding hydrogens is 242 g/mol. The lowest BCUT2D eigenvalue weighted by Crippen LogP contribution is -2.35. The molecule has 2 rings (SSSR count). The summed E-state index contributed by atoms with van der Waals surface area (Å²) in [6, 6.07) is 3.90. The third kappa shape index (κ3) is 3.44. The number of pyridine rings is 1. The smallest absolute Gasteiger partial charge is 0.341 e. The van der Waals surface area contributed by atoms with E-state index in [9.17, 15) is 4.79 Å². The minimum Gasteiger partial charge on any atom is -0.465 e. The number of aromatic nitrogens is 1. The number of likely N-dealkylation sites (tertiary alicyclic amines) is 1. The number of carbonyl (C=O) groups excluding carboxylic acids is 1. The second-order valence-corrected chi connectivity index (χ2v) is 4.86. The Morgan fingerprint density at radius 1 is 1.53 bits per heavy atom. The molecule has 0 amide bonds. The van der Waals surface area contributed by atoms with E-state index in [1.807, 2.05) is 0 Å². The van der Waals surface area contributed by atoms with Crippen molar-refractivity contribution in [1.29, 1.82) is 0 Å². The number of rotatable bonds is 5. The van der Waals surface area contributed by atoms with Crippen molar-refractivity contribution >= 4 is 11.8 Å². The van der Waals surface area contributed by atoms with Gasteiger partial charge >= 0.3 is 5.97 Å². The van der Waals surface area contributed by atoms with E-state index in [0.717, 1.165) is 19.6 Å². The van der Waals surface area contributed by atoms with Crippen LogP contribution in [0.4, 0.5) is 5.82 Å². The molecule has 0 spiro atoms. The Kier molecular flexibility index (Phi) is 4.74. The summed E-state index contributed by atoms with van der Waals surface area (Å²) in [6.45, 7) is 5.30. The molecule has 104 valence electrons. The predicted octanol–water partition coefficient (Wildman–Crippen LogP) is 1.76. The molecule has 0 radical (unpaired) electrons. The van der Waals surface area contributed by atoms with Crippen LogP contribution in [0.3, 0.4) is 0 Å². The highest BCUT2D eigenvalue weighted by Crippen LogP contribution is 2.15. The second-order valence-electron chi connectivity index (χ2n) is 4.86. The lowest BCUT2D eigenvalue weighted by Gasteiger charge is -2.24. The van der Waals surface area contributed by atoms with Gasteiger partial charge in [0, 0.05) is 18.8 Å². The van der Waals surface area contributed by atoms with Gasteiger partial charge in [0.1, 0.15) is 11.4 Å². The zero-order valence-corrected chi connectivity index (χ0v) is 11.6. The molecule has 5 nitrogen and oxygen atoms in total. The van der Waals surface area contributed by atoms with Gasteiger partial charge in [0.15, 0.2) is 0 Å². The maximum absolute atomic E-state index is 11.6. The highest BCUT2D eigenvalue weighted by Gasteiger charge is 2.19. The number of nitrogens with one attached hydrogen (secondary N) is 1. The Bertz CT molecular complexity index is 430. The fraction of sp³-hybridized carbons (Fsp3) is 0.571. The molecule has 1 atom stereocenters. The van der Waals surface area contributed by atoms with Crippen LogP contribution < -0.4 is 5.32 Å². The van der Waals surface area contributed by atoms with Crippen molar-refractivity contribution in [2.75, 3.05) is 32.1 Å². The Labute approximate surface area is 114 Å². The van der Waals surface area contributed by atoms with Crippen LogP contribution in [0, 0.1) is 0 Å². The van der Waals surface area contributed by atoms with Crippen molar-refractivity contribution in [1.82, 2.24) is 9.88 Å². The first-order chi connectivity index (χ1) is 9.22. The molecule has 1 aliphatic heterocycles. The van der Waals surface area contributed by atoms with Crippen LogP contribution in [0.25, 0.3) is 0 Å². The summed E-state index contributed by atoms with van der Waals surface area (Å²) in [5, 5.41) is 3.25. The summed E-state index contributed by atoms with van der Waals surface area (Å²) in [7, 11) is 1.38. The molecule has 19 heavy (non-hydrogen) atoms. The zero-order valence-electron chi connectivity index (χ0n) is 11.6. The monoisotopic (exact) mass is 263 g/mol. The standard InChI is InChI=1S/C14H21N3O2/c1-11(17-8-3-4-9-17)10-16-13-12(14(18)19-2)6-5-7-15-13/h5-7,11H,3-4,8-10H2,1-2H3,(H,15,16). The largest absolute Gasteiger partial charge is 0.465 e. The number of hydrogen-bond donors (Lipinski definition) is 1. The van der Waals surface area contributed by atoms with E-state index in [2.05, 4.69) is 22.1 Å². The quantitative estimate of drug-likeness (QED) is 0.820. The molecule has 1 unspecified atom stereocenters. The van der Waals surface area contributed by atoms with Gasteiger partial charge in [0.2, 0.25) is 0 Å². The minimum atomic E-state index is -0.357. The highest BCUT2D eigenvalue weighted by atomic mass is 16.5. The van der Waals surface area contributed by atoms with Crippen LogP contribution in [0.5, 0.6) is 0 Å². The Morgan fingerprint density at radius 2 is 2.26 bits per heavy atom. The number of anilines is 1. The van der Waals surface area contributed by atoms with Crippen molar-refractivity contribution in [3.8, 4) is 0 Å². The minimum absolute atomic E-state index is 0.357. The highest BCUT2D eigenvalue weighted by molar-refractivity contribution is 5.94. The molecule has 0 aliphatic carbocycles. The Morgan fingerprint density at radius 3 is 2.95 bits per heavy atom. The topological polar surface area (TPSA) is 54.5 Å². The van der Waals surface area contributed by atoms with Crippen LogP contribution in [0.1, 0.15) is 30.1 Å². The van der Waals surface area contributed by atoms with Crippen LogP contribution in [0.15, 0.2) is 18.3 Å². The van der Waals surface area contributed by atoms with Crippen molar-refractivity contribution in [3.63, 3.8) is 0 Å². The summed E-state index contributed by atoms with van der Waals surface area (Å²) < 4.78 is 4.75. The van der Waals surface area contributed by atoms with Gasteiger partial charge in [-0.2, -0.15) is 0 Å². The van der Waals surface area contributed by atoms with Gasteiger partial charge in [-0.25, -0.2) is 9.78 Å². The van der Waals surface area contributed by atoms with Crippen LogP contribution >= 0.6 is 0 Å². The fourth-order valence-electron chi connectivity index (χ4n) is 2.38. The maximum Gasteiger partial charge on any atom is 0.341 e. The van der Waals surface area contributed by atoms with E-state index >= 15 is 0 Å². The molecule has 1 fully saturated rings. The number of methoxy groups -OCH3 is 1. The molecule has 0 saturated carbocycles. The summed E-state index contributed by atoms with van der Waals surface area (Å²) in [6.07, 6.45) is 4.23. The first-order valence-corrected chi connectivity index (χ1v) is 6.73. The summed E-state index contributed by atoms with van der Waals surface area (Å²) in [4.78, 5) is 18.3. The molecule has 1 N–H and O–H groups in total. The summed E-state index contributed by atoms with van der Waals surface area (Å²) in [5.41, 5.74) is 0.485. The average molecular weight is 263 g/mol. The van der Waals surface area contributed by atoms with Crippen molar-refractivity contribution in [2.45, 2.75) is 25.8 Å². The number of carbonyl (C=O) groups is 1. The SMILES string of the molecule is COC(=O)c1cccnc1NCC(C)N1CCCC1. The third-order valence-electron chi connectivity index (χ3n) is 3.54. The first-order valence-electron chi connectivity index (χ1n) is 6.73. The normalized spacial score (nSPS) is 17.2. The lowest BCUT2D eigenvalue weighted by molar-refractivity contribution is 0.0601. The van der Waals surface area contributed by atoms with E-state index in [4.69, 9.17) is 4.74 Å². The average Bonchev–Trinajstić information content (AvgIpc) is 2.98. The Balaban J connectivity index is 1.97. The first kappa shape index (κ1) is 13.8. The Hall–Kier alpha value is -1.62. The van der Waals surface area contributed by atoms with Crippen molar-refractivity contribution in [2.24, 2.45) is 0 Å². The van der Waals surface area contributed by atoms with E-state index in [1.165, 1.54) is 20.0 Å². The molecule has 1 aliphatic rings. The fourth-order valence-corrected chi connectivity index (χ4v) is 2.38. The van der Waals surface area contributed by atoms with Gasteiger partial charge in [0.25, 0.3) is 0 Å². The number of hydrogen-bond acceptors (Lipinski definition) is 5. The van der Waals surface area contributed by atoms with Gasteiger partial charge in [0.05, 0.1) is 7.11 Å². The van der Waals surface area contributed by atoms with Gasteiger partial charge < -0.3 is 10.1 Å². The molecule has 0 bridgehead atoms.